The quantitative estimate of drug-likeness (QED) is 0.650. The fraction of sp³-hybridized carbons (Fsp3) is 0.400. The fourth-order valence-corrected chi connectivity index (χ4v) is 3.68. The molecule has 0 atom stereocenters. The van der Waals surface area contributed by atoms with Crippen molar-refractivity contribution >= 4 is 23.7 Å². The van der Waals surface area contributed by atoms with Crippen molar-refractivity contribution in [2.24, 2.45) is 0 Å². The maximum absolute atomic E-state index is 13.6. The van der Waals surface area contributed by atoms with E-state index in [9.17, 15) is 14.0 Å². The highest BCUT2D eigenvalue weighted by Gasteiger charge is 2.23. The minimum Gasteiger partial charge on any atom is -0.354 e. The molecule has 0 radical (unpaired) electrons. The third-order valence-corrected chi connectivity index (χ3v) is 5.17. The van der Waals surface area contributed by atoms with Crippen LogP contribution in [0.4, 0.5) is 21.0 Å². The number of benzene rings is 1. The van der Waals surface area contributed by atoms with Crippen molar-refractivity contribution in [2.75, 3.05) is 30.3 Å². The van der Waals surface area contributed by atoms with Crippen molar-refractivity contribution in [1.29, 1.82) is 0 Å². The summed E-state index contributed by atoms with van der Waals surface area (Å²) in [5, 5.41) is 8.62. The highest BCUT2D eigenvalue weighted by molar-refractivity contribution is 5.93. The number of carbonyl (C=O) groups is 2. The average molecular weight is 398 g/mol. The van der Waals surface area contributed by atoms with E-state index in [2.05, 4.69) is 25.9 Å². The van der Waals surface area contributed by atoms with E-state index in [4.69, 9.17) is 0 Å². The summed E-state index contributed by atoms with van der Waals surface area (Å²) in [5.74, 6) is 0.729. The molecule has 0 saturated carbocycles. The summed E-state index contributed by atoms with van der Waals surface area (Å²) in [7, 11) is 0. The SMILES string of the molecule is Cc1cc(F)ccc1-c1nc(NCCCN2CCCC2=O)nc2c1CNC(=O)N2. The van der Waals surface area contributed by atoms with Crippen LogP contribution in [0.3, 0.4) is 0 Å². The number of urea groups is 1. The lowest BCUT2D eigenvalue weighted by Gasteiger charge is -2.22. The minimum absolute atomic E-state index is 0.208. The Hall–Kier alpha value is -3.23. The molecule has 0 spiro atoms. The van der Waals surface area contributed by atoms with Gasteiger partial charge in [0, 0.05) is 37.2 Å². The van der Waals surface area contributed by atoms with Gasteiger partial charge in [0.05, 0.1) is 12.2 Å². The number of amides is 3. The Morgan fingerprint density at radius 2 is 2.14 bits per heavy atom. The predicted molar refractivity (Wildman–Crippen MR) is 107 cm³/mol. The number of nitrogens with zero attached hydrogens (tertiary/aromatic N) is 3. The number of carbonyl (C=O) groups excluding carboxylic acids is 2. The van der Waals surface area contributed by atoms with Gasteiger partial charge in [-0.2, -0.15) is 4.98 Å². The van der Waals surface area contributed by atoms with Gasteiger partial charge in [-0.25, -0.2) is 14.2 Å². The van der Waals surface area contributed by atoms with E-state index in [1.54, 1.807) is 6.07 Å². The molecule has 1 fully saturated rings. The first-order valence-electron chi connectivity index (χ1n) is 9.75. The molecule has 2 aliphatic rings. The van der Waals surface area contributed by atoms with Crippen molar-refractivity contribution in [3.63, 3.8) is 0 Å². The number of aromatic nitrogens is 2. The van der Waals surface area contributed by atoms with Crippen LogP contribution in [0.25, 0.3) is 11.3 Å². The molecule has 9 heteroatoms. The average Bonchev–Trinajstić information content (AvgIpc) is 3.09. The second kappa shape index (κ2) is 8.02. The smallest absolute Gasteiger partial charge is 0.320 e. The first-order chi connectivity index (χ1) is 14.0. The molecule has 1 aromatic heterocycles. The summed E-state index contributed by atoms with van der Waals surface area (Å²) in [4.78, 5) is 34.4. The molecule has 152 valence electrons. The third-order valence-electron chi connectivity index (χ3n) is 5.17. The van der Waals surface area contributed by atoms with E-state index in [1.165, 1.54) is 12.1 Å². The van der Waals surface area contributed by atoms with Crippen LogP contribution in [0.15, 0.2) is 18.2 Å². The van der Waals surface area contributed by atoms with Crippen LogP contribution in [0.5, 0.6) is 0 Å². The van der Waals surface area contributed by atoms with Crippen molar-refractivity contribution in [1.82, 2.24) is 20.2 Å². The number of aryl methyl sites for hydroxylation is 1. The molecule has 0 unspecified atom stereocenters. The lowest BCUT2D eigenvalue weighted by molar-refractivity contribution is -0.127. The molecule has 29 heavy (non-hydrogen) atoms. The van der Waals surface area contributed by atoms with Gasteiger partial charge in [-0.1, -0.05) is 0 Å². The molecular formula is C20H23FN6O2. The molecule has 4 rings (SSSR count). The van der Waals surface area contributed by atoms with E-state index in [1.807, 2.05) is 11.8 Å². The third kappa shape index (κ3) is 4.13. The van der Waals surface area contributed by atoms with Crippen LogP contribution < -0.4 is 16.0 Å². The summed E-state index contributed by atoms with van der Waals surface area (Å²) >= 11 is 0. The standard InChI is InChI=1S/C20H23FN6O2/c1-12-10-13(21)5-6-14(12)17-15-11-23-20(29)26-18(15)25-19(24-17)22-7-3-9-27-8-2-4-16(27)28/h5-6,10H,2-4,7-9,11H2,1H3,(H3,22,23,24,25,26,29). The van der Waals surface area contributed by atoms with Gasteiger partial charge in [0.15, 0.2) is 0 Å². The number of nitrogens with one attached hydrogen (secondary N) is 3. The van der Waals surface area contributed by atoms with Gasteiger partial charge in [0.25, 0.3) is 0 Å². The molecule has 8 nitrogen and oxygen atoms in total. The second-order valence-electron chi connectivity index (χ2n) is 7.25. The summed E-state index contributed by atoms with van der Waals surface area (Å²) in [5.41, 5.74) is 2.94. The zero-order valence-electron chi connectivity index (χ0n) is 16.2. The lowest BCUT2D eigenvalue weighted by atomic mass is 10.0. The van der Waals surface area contributed by atoms with Crippen LogP contribution in [-0.4, -0.2) is 46.4 Å². The summed E-state index contributed by atoms with van der Waals surface area (Å²) < 4.78 is 13.6. The molecule has 2 aliphatic heterocycles. The predicted octanol–water partition coefficient (Wildman–Crippen LogP) is 2.65. The van der Waals surface area contributed by atoms with Gasteiger partial charge >= 0.3 is 6.03 Å². The summed E-state index contributed by atoms with van der Waals surface area (Å²) in [6.07, 6.45) is 2.33. The van der Waals surface area contributed by atoms with Gasteiger partial charge in [0.2, 0.25) is 11.9 Å². The van der Waals surface area contributed by atoms with Crippen molar-refractivity contribution in [3.8, 4) is 11.3 Å². The van der Waals surface area contributed by atoms with Crippen LogP contribution in [0.1, 0.15) is 30.4 Å². The number of rotatable bonds is 6. The zero-order valence-corrected chi connectivity index (χ0v) is 16.2. The molecule has 3 amide bonds. The molecule has 2 aromatic rings. The number of hydrogen-bond donors (Lipinski definition) is 3. The van der Waals surface area contributed by atoms with Crippen molar-refractivity contribution in [2.45, 2.75) is 32.7 Å². The van der Waals surface area contributed by atoms with E-state index >= 15 is 0 Å². The van der Waals surface area contributed by atoms with Gasteiger partial charge in [-0.15, -0.1) is 0 Å². The maximum atomic E-state index is 13.6. The normalized spacial score (nSPS) is 15.7. The Morgan fingerprint density at radius 1 is 1.28 bits per heavy atom. The molecule has 0 bridgehead atoms. The number of halogens is 1. The molecule has 3 heterocycles. The van der Waals surface area contributed by atoms with Crippen molar-refractivity contribution < 1.29 is 14.0 Å². The fourth-order valence-electron chi connectivity index (χ4n) is 3.68. The lowest BCUT2D eigenvalue weighted by Crippen LogP contribution is -2.35. The molecule has 1 aromatic carbocycles. The molecular weight excluding hydrogens is 375 g/mol. The Morgan fingerprint density at radius 3 is 2.90 bits per heavy atom. The number of likely N-dealkylation sites (tertiary alicyclic amines) is 1. The van der Waals surface area contributed by atoms with E-state index in [0.717, 1.165) is 36.1 Å². The van der Waals surface area contributed by atoms with Gasteiger partial charge in [-0.05, 0) is 43.5 Å². The second-order valence-corrected chi connectivity index (χ2v) is 7.25. The number of anilines is 2. The van der Waals surface area contributed by atoms with Gasteiger partial charge in [0.1, 0.15) is 11.6 Å². The number of fused-ring (bicyclic) bond motifs is 1. The first-order valence-corrected chi connectivity index (χ1v) is 9.75. The van der Waals surface area contributed by atoms with Crippen molar-refractivity contribution in [3.05, 3.63) is 35.1 Å². The molecule has 1 saturated heterocycles. The van der Waals surface area contributed by atoms with E-state index in [0.29, 0.717) is 43.5 Å². The summed E-state index contributed by atoms with van der Waals surface area (Å²) in [6.45, 7) is 4.23. The minimum atomic E-state index is -0.323. The largest absolute Gasteiger partial charge is 0.354 e. The monoisotopic (exact) mass is 398 g/mol. The van der Waals surface area contributed by atoms with Gasteiger partial charge in [-0.3, -0.25) is 10.1 Å². The van der Waals surface area contributed by atoms with Crippen LogP contribution in [0, 0.1) is 12.7 Å². The van der Waals surface area contributed by atoms with Crippen LogP contribution in [-0.2, 0) is 11.3 Å². The highest BCUT2D eigenvalue weighted by atomic mass is 19.1. The molecule has 0 aliphatic carbocycles. The Kier molecular flexibility index (Phi) is 5.28. The maximum Gasteiger partial charge on any atom is 0.320 e. The van der Waals surface area contributed by atoms with Crippen LogP contribution >= 0.6 is 0 Å². The Balaban J connectivity index is 1.55. The van der Waals surface area contributed by atoms with E-state index < -0.39 is 0 Å². The zero-order chi connectivity index (χ0) is 20.4. The van der Waals surface area contributed by atoms with Gasteiger partial charge < -0.3 is 15.5 Å². The Bertz CT molecular complexity index is 964. The van der Waals surface area contributed by atoms with Crippen LogP contribution in [0.2, 0.25) is 0 Å². The topological polar surface area (TPSA) is 99.2 Å². The highest BCUT2D eigenvalue weighted by Crippen LogP contribution is 2.31. The first kappa shape index (κ1) is 19.1. The van der Waals surface area contributed by atoms with E-state index in [-0.39, 0.29) is 17.8 Å². The molecule has 3 N–H and O–H groups in total. The summed E-state index contributed by atoms with van der Waals surface area (Å²) in [6, 6.07) is 4.22. The number of hydrogen-bond acceptors (Lipinski definition) is 5. The Labute approximate surface area is 167 Å².